The van der Waals surface area contributed by atoms with Gasteiger partial charge in [-0.05, 0) is 64.8 Å². The predicted molar refractivity (Wildman–Crippen MR) is 115 cm³/mol. The van der Waals surface area contributed by atoms with E-state index < -0.39 is 33.2 Å². The third-order valence-corrected chi connectivity index (χ3v) is 6.60. The smallest absolute Gasteiger partial charge is 0.267 e. The van der Waals surface area contributed by atoms with E-state index in [1.165, 1.54) is 18.2 Å². The normalized spacial score (nSPS) is 11.1. The van der Waals surface area contributed by atoms with Gasteiger partial charge in [0.05, 0.1) is 11.4 Å². The molecule has 0 bridgehead atoms. The third-order valence-electron chi connectivity index (χ3n) is 4.13. The van der Waals surface area contributed by atoms with Crippen LogP contribution >= 0.6 is 15.9 Å². The van der Waals surface area contributed by atoms with Crippen molar-refractivity contribution in [2.75, 3.05) is 16.2 Å². The second kappa shape index (κ2) is 8.75. The van der Waals surface area contributed by atoms with Gasteiger partial charge in [0.25, 0.3) is 10.0 Å². The van der Waals surface area contributed by atoms with Gasteiger partial charge in [-0.15, -0.1) is 0 Å². The molecular formula is C21H18BrFN2O3S. The molecule has 3 aromatic carbocycles. The summed E-state index contributed by atoms with van der Waals surface area (Å²) in [4.78, 5) is 12.2. The summed E-state index contributed by atoms with van der Waals surface area (Å²) in [6.45, 7) is 1.40. The Balaban J connectivity index is 1.95. The number of carbonyl (C=O) groups excluding carboxylic acids is 1. The van der Waals surface area contributed by atoms with Crippen LogP contribution < -0.4 is 9.62 Å². The van der Waals surface area contributed by atoms with E-state index in [0.29, 0.717) is 10.2 Å². The first-order chi connectivity index (χ1) is 13.8. The van der Waals surface area contributed by atoms with Gasteiger partial charge < -0.3 is 5.32 Å². The molecule has 0 saturated carbocycles. The van der Waals surface area contributed by atoms with E-state index in [2.05, 4.69) is 21.2 Å². The Labute approximate surface area is 177 Å². The molecule has 0 saturated heterocycles. The lowest BCUT2D eigenvalue weighted by atomic mass is 10.2. The van der Waals surface area contributed by atoms with E-state index in [9.17, 15) is 17.6 Å². The van der Waals surface area contributed by atoms with Crippen LogP contribution in [0.4, 0.5) is 15.8 Å². The molecule has 3 rings (SSSR count). The van der Waals surface area contributed by atoms with E-state index in [4.69, 9.17) is 0 Å². The molecule has 8 heteroatoms. The lowest BCUT2D eigenvalue weighted by Gasteiger charge is -2.24. The number of nitrogens with one attached hydrogen (secondary N) is 1. The molecular weight excluding hydrogens is 459 g/mol. The molecule has 29 heavy (non-hydrogen) atoms. The number of hydrogen-bond acceptors (Lipinski definition) is 3. The van der Waals surface area contributed by atoms with Crippen LogP contribution in [0.1, 0.15) is 5.56 Å². The number of halogens is 2. The summed E-state index contributed by atoms with van der Waals surface area (Å²) in [5, 5.41) is 2.69. The molecule has 0 aliphatic heterocycles. The van der Waals surface area contributed by atoms with E-state index in [-0.39, 0.29) is 5.69 Å². The molecule has 150 valence electrons. The van der Waals surface area contributed by atoms with Gasteiger partial charge in [0.15, 0.2) is 0 Å². The quantitative estimate of drug-likeness (QED) is 0.558. The SMILES string of the molecule is Cc1ccc(NC(=O)CN(c2ccccc2)S(=O)(=O)c2ccccc2F)c(Br)c1. The maximum absolute atomic E-state index is 14.2. The van der Waals surface area contributed by atoms with Gasteiger partial charge in [-0.1, -0.05) is 36.4 Å². The number of sulfonamides is 1. The average Bonchev–Trinajstić information content (AvgIpc) is 2.69. The second-order valence-corrected chi connectivity index (χ2v) is 8.99. The Bertz CT molecular complexity index is 1140. The Morgan fingerprint density at radius 2 is 1.69 bits per heavy atom. The Hall–Kier alpha value is -2.71. The molecule has 0 fully saturated rings. The zero-order valence-corrected chi connectivity index (χ0v) is 17.9. The summed E-state index contributed by atoms with van der Waals surface area (Å²) in [6, 6.07) is 18.6. The van der Waals surface area contributed by atoms with E-state index in [1.807, 2.05) is 19.1 Å². The summed E-state index contributed by atoms with van der Waals surface area (Å²) in [7, 11) is -4.30. The number of para-hydroxylation sites is 1. The summed E-state index contributed by atoms with van der Waals surface area (Å²) >= 11 is 3.38. The Morgan fingerprint density at radius 3 is 2.34 bits per heavy atom. The molecule has 0 aliphatic carbocycles. The molecule has 0 spiro atoms. The fraction of sp³-hybridized carbons (Fsp3) is 0.0952. The lowest BCUT2D eigenvalue weighted by Crippen LogP contribution is -2.38. The van der Waals surface area contributed by atoms with Crippen LogP contribution in [0.5, 0.6) is 0 Å². The average molecular weight is 477 g/mol. The van der Waals surface area contributed by atoms with Crippen LogP contribution in [0, 0.1) is 12.7 Å². The van der Waals surface area contributed by atoms with Crippen LogP contribution in [0.3, 0.4) is 0 Å². The van der Waals surface area contributed by atoms with Crippen molar-refractivity contribution in [1.29, 1.82) is 0 Å². The maximum atomic E-state index is 14.2. The molecule has 0 unspecified atom stereocenters. The first-order valence-corrected chi connectivity index (χ1v) is 10.9. The summed E-state index contributed by atoms with van der Waals surface area (Å²) in [5.74, 6) is -1.44. The molecule has 0 heterocycles. The third kappa shape index (κ3) is 4.83. The number of benzene rings is 3. The van der Waals surface area contributed by atoms with Crippen LogP contribution in [0.2, 0.25) is 0 Å². The first-order valence-electron chi connectivity index (χ1n) is 8.67. The highest BCUT2D eigenvalue weighted by Crippen LogP contribution is 2.26. The predicted octanol–water partition coefficient (Wildman–Crippen LogP) is 4.73. The van der Waals surface area contributed by atoms with Crippen LogP contribution in [0.15, 0.2) is 82.2 Å². The number of carbonyl (C=O) groups is 1. The molecule has 0 aromatic heterocycles. The van der Waals surface area contributed by atoms with Gasteiger partial charge >= 0.3 is 0 Å². The Morgan fingerprint density at radius 1 is 1.03 bits per heavy atom. The van der Waals surface area contributed by atoms with Crippen molar-refractivity contribution < 1.29 is 17.6 Å². The zero-order valence-electron chi connectivity index (χ0n) is 15.5. The molecule has 0 radical (unpaired) electrons. The number of rotatable bonds is 6. The number of amides is 1. The van der Waals surface area contributed by atoms with Gasteiger partial charge in [-0.25, -0.2) is 12.8 Å². The summed E-state index contributed by atoms with van der Waals surface area (Å²) in [6.07, 6.45) is 0. The van der Waals surface area contributed by atoms with Crippen LogP contribution in [-0.2, 0) is 14.8 Å². The van der Waals surface area contributed by atoms with Crippen molar-refractivity contribution in [2.45, 2.75) is 11.8 Å². The van der Waals surface area contributed by atoms with E-state index >= 15 is 0 Å². The van der Waals surface area contributed by atoms with Gasteiger partial charge in [-0.3, -0.25) is 9.10 Å². The second-order valence-electron chi connectivity index (χ2n) is 6.31. The number of hydrogen-bond donors (Lipinski definition) is 1. The minimum atomic E-state index is -4.30. The van der Waals surface area contributed by atoms with Crippen molar-refractivity contribution in [1.82, 2.24) is 0 Å². The van der Waals surface area contributed by atoms with E-state index in [0.717, 1.165) is 15.9 Å². The standard InChI is InChI=1S/C21H18BrFN2O3S/c1-15-11-12-19(17(22)13-15)24-21(26)14-25(16-7-3-2-4-8-16)29(27,28)20-10-6-5-9-18(20)23/h2-13H,14H2,1H3,(H,24,26). The van der Waals surface area contributed by atoms with E-state index in [1.54, 1.807) is 36.4 Å². The minimum Gasteiger partial charge on any atom is -0.323 e. The van der Waals surface area contributed by atoms with Gasteiger partial charge in [0.2, 0.25) is 5.91 Å². The molecule has 5 nitrogen and oxygen atoms in total. The lowest BCUT2D eigenvalue weighted by molar-refractivity contribution is -0.114. The maximum Gasteiger partial charge on any atom is 0.267 e. The molecule has 0 atom stereocenters. The largest absolute Gasteiger partial charge is 0.323 e. The highest BCUT2D eigenvalue weighted by atomic mass is 79.9. The number of anilines is 2. The van der Waals surface area contributed by atoms with Crippen molar-refractivity contribution in [2.24, 2.45) is 0 Å². The fourth-order valence-corrected chi connectivity index (χ4v) is 4.80. The summed E-state index contributed by atoms with van der Waals surface area (Å²) < 4.78 is 42.1. The number of aryl methyl sites for hydroxylation is 1. The van der Waals surface area contributed by atoms with Crippen molar-refractivity contribution in [3.63, 3.8) is 0 Å². The highest BCUT2D eigenvalue weighted by Gasteiger charge is 2.29. The van der Waals surface area contributed by atoms with Crippen LogP contribution in [-0.4, -0.2) is 20.9 Å². The first kappa shape index (κ1) is 21.0. The molecule has 1 amide bonds. The molecule has 0 aliphatic rings. The highest BCUT2D eigenvalue weighted by molar-refractivity contribution is 9.10. The summed E-state index contributed by atoms with van der Waals surface area (Å²) in [5.41, 5.74) is 1.77. The van der Waals surface area contributed by atoms with Gasteiger partial charge in [0, 0.05) is 4.47 Å². The monoisotopic (exact) mass is 476 g/mol. The minimum absolute atomic E-state index is 0.258. The zero-order chi connectivity index (χ0) is 21.0. The van der Waals surface area contributed by atoms with Gasteiger partial charge in [-0.2, -0.15) is 0 Å². The van der Waals surface area contributed by atoms with Crippen molar-refractivity contribution in [3.8, 4) is 0 Å². The Kier molecular flexibility index (Phi) is 6.34. The topological polar surface area (TPSA) is 66.5 Å². The van der Waals surface area contributed by atoms with Crippen LogP contribution in [0.25, 0.3) is 0 Å². The van der Waals surface area contributed by atoms with Gasteiger partial charge in [0.1, 0.15) is 17.3 Å². The molecule has 1 N–H and O–H groups in total. The number of nitrogens with zero attached hydrogens (tertiary/aromatic N) is 1. The van der Waals surface area contributed by atoms with Crippen molar-refractivity contribution >= 4 is 43.2 Å². The fourth-order valence-electron chi connectivity index (χ4n) is 2.72. The molecule has 3 aromatic rings. The van der Waals surface area contributed by atoms with Crippen molar-refractivity contribution in [3.05, 3.63) is 88.6 Å².